The van der Waals surface area contributed by atoms with Crippen LogP contribution >= 0.6 is 12.2 Å². The van der Waals surface area contributed by atoms with Gasteiger partial charge in [0.2, 0.25) is 6.79 Å². The monoisotopic (exact) mass is 332 g/mol. The first-order chi connectivity index (χ1) is 11.2. The van der Waals surface area contributed by atoms with Crippen LogP contribution in [-0.2, 0) is 6.54 Å². The predicted octanol–water partition coefficient (Wildman–Crippen LogP) is 3.20. The van der Waals surface area contributed by atoms with Gasteiger partial charge in [-0.3, -0.25) is 0 Å². The number of hydrogen-bond donors (Lipinski definition) is 2. The molecule has 3 aliphatic rings. The Hall–Kier alpha value is -1.49. The van der Waals surface area contributed by atoms with Crippen LogP contribution in [0.2, 0.25) is 0 Å². The van der Waals surface area contributed by atoms with Crippen molar-refractivity contribution < 1.29 is 9.47 Å². The molecule has 5 heteroatoms. The molecular weight excluding hydrogens is 308 g/mol. The van der Waals surface area contributed by atoms with Gasteiger partial charge >= 0.3 is 0 Å². The molecule has 0 spiro atoms. The average Bonchev–Trinajstić information content (AvgIpc) is 3.28. The van der Waals surface area contributed by atoms with Gasteiger partial charge in [-0.2, -0.15) is 0 Å². The summed E-state index contributed by atoms with van der Waals surface area (Å²) in [5, 5.41) is 7.55. The van der Waals surface area contributed by atoms with Crippen LogP contribution in [0.4, 0.5) is 0 Å². The highest BCUT2D eigenvalue weighted by Gasteiger charge is 2.41. The number of fused-ring (bicyclic) bond motifs is 3. The first-order valence-corrected chi connectivity index (χ1v) is 9.03. The molecule has 4 nitrogen and oxygen atoms in total. The summed E-state index contributed by atoms with van der Waals surface area (Å²) in [5.74, 6) is 4.32. The Morgan fingerprint density at radius 1 is 1.26 bits per heavy atom. The molecule has 0 radical (unpaired) electrons. The molecule has 2 aliphatic carbocycles. The number of benzene rings is 1. The summed E-state index contributed by atoms with van der Waals surface area (Å²) in [4.78, 5) is 0. The van der Waals surface area contributed by atoms with Gasteiger partial charge in [-0.25, -0.2) is 0 Å². The summed E-state index contributed by atoms with van der Waals surface area (Å²) >= 11 is 5.47. The second-order valence-corrected chi connectivity index (χ2v) is 7.55. The fourth-order valence-electron chi connectivity index (χ4n) is 4.50. The fourth-order valence-corrected chi connectivity index (χ4v) is 4.76. The van der Waals surface area contributed by atoms with Crippen molar-refractivity contribution in [2.75, 3.05) is 6.79 Å². The standard InChI is InChI=1S/C18H24N2O2S/c1-11(15-7-12-2-4-14(15)6-12)20-18(23)19-9-13-3-5-16-17(8-13)22-10-21-16/h3,5,8,11-12,14-15H,2,4,6-7,9-10H2,1H3,(H2,19,20,23)/t11-,12-,14-,15-/m0/s1. The Balaban J connectivity index is 1.27. The summed E-state index contributed by atoms with van der Waals surface area (Å²) in [6.45, 7) is 3.29. The van der Waals surface area contributed by atoms with E-state index in [0.717, 1.165) is 39.9 Å². The Bertz CT molecular complexity index is 607. The Morgan fingerprint density at radius 3 is 2.91 bits per heavy atom. The largest absolute Gasteiger partial charge is 0.454 e. The lowest BCUT2D eigenvalue weighted by molar-refractivity contribution is 0.174. The zero-order valence-electron chi connectivity index (χ0n) is 13.5. The number of rotatable bonds is 4. The van der Waals surface area contributed by atoms with Crippen molar-refractivity contribution >= 4 is 17.3 Å². The van der Waals surface area contributed by atoms with E-state index < -0.39 is 0 Å². The molecule has 2 bridgehead atoms. The molecule has 1 aliphatic heterocycles. The second-order valence-electron chi connectivity index (χ2n) is 7.14. The minimum atomic E-state index is 0.313. The van der Waals surface area contributed by atoms with E-state index in [9.17, 15) is 0 Å². The molecule has 4 rings (SSSR count). The zero-order valence-corrected chi connectivity index (χ0v) is 14.3. The summed E-state index contributed by atoms with van der Waals surface area (Å²) in [6, 6.07) is 6.47. The molecule has 2 saturated carbocycles. The van der Waals surface area contributed by atoms with Gasteiger partial charge in [0.25, 0.3) is 0 Å². The van der Waals surface area contributed by atoms with E-state index in [1.54, 1.807) is 0 Å². The molecule has 4 atom stereocenters. The van der Waals surface area contributed by atoms with Crippen LogP contribution < -0.4 is 20.1 Å². The fraction of sp³-hybridized carbons (Fsp3) is 0.611. The van der Waals surface area contributed by atoms with E-state index in [-0.39, 0.29) is 0 Å². The minimum absolute atomic E-state index is 0.313. The van der Waals surface area contributed by atoms with E-state index in [1.165, 1.54) is 25.7 Å². The summed E-state index contributed by atoms with van der Waals surface area (Å²) in [6.07, 6.45) is 5.68. The van der Waals surface area contributed by atoms with Crippen molar-refractivity contribution in [3.63, 3.8) is 0 Å². The third-order valence-corrected chi connectivity index (χ3v) is 5.95. The third kappa shape index (κ3) is 3.11. The summed E-state index contributed by atoms with van der Waals surface area (Å²) in [5.41, 5.74) is 1.14. The molecule has 0 unspecified atom stereocenters. The van der Waals surface area contributed by atoms with Gasteiger partial charge in [0.05, 0.1) is 0 Å². The highest BCUT2D eigenvalue weighted by Crippen LogP contribution is 2.49. The molecule has 0 aromatic heterocycles. The first kappa shape index (κ1) is 15.1. The molecule has 2 fully saturated rings. The van der Waals surface area contributed by atoms with Gasteiger partial charge < -0.3 is 20.1 Å². The van der Waals surface area contributed by atoms with Crippen molar-refractivity contribution in [3.8, 4) is 11.5 Å². The quantitative estimate of drug-likeness (QED) is 0.829. The topological polar surface area (TPSA) is 42.5 Å². The van der Waals surface area contributed by atoms with Crippen molar-refractivity contribution in [1.82, 2.24) is 10.6 Å². The van der Waals surface area contributed by atoms with E-state index in [0.29, 0.717) is 19.4 Å². The van der Waals surface area contributed by atoms with Crippen LogP contribution in [-0.4, -0.2) is 17.9 Å². The maximum atomic E-state index is 5.47. The van der Waals surface area contributed by atoms with Gasteiger partial charge in [0.15, 0.2) is 16.6 Å². The van der Waals surface area contributed by atoms with Crippen molar-refractivity contribution in [1.29, 1.82) is 0 Å². The van der Waals surface area contributed by atoms with Crippen LogP contribution in [0.5, 0.6) is 11.5 Å². The lowest BCUT2D eigenvalue weighted by Crippen LogP contribution is -2.44. The number of thiocarbonyl (C=S) groups is 1. The highest BCUT2D eigenvalue weighted by molar-refractivity contribution is 7.80. The van der Waals surface area contributed by atoms with E-state index in [2.05, 4.69) is 17.6 Å². The SMILES string of the molecule is C[C@H](NC(=S)NCc1ccc2c(c1)OCO2)[C@@H]1C[C@H]2CC[C@H]1C2. The maximum absolute atomic E-state index is 5.47. The Morgan fingerprint density at radius 2 is 2.13 bits per heavy atom. The van der Waals surface area contributed by atoms with E-state index in [4.69, 9.17) is 21.7 Å². The Labute approximate surface area is 142 Å². The van der Waals surface area contributed by atoms with E-state index >= 15 is 0 Å². The molecule has 0 saturated heterocycles. The normalized spacial score (nSPS) is 28.7. The highest BCUT2D eigenvalue weighted by atomic mass is 32.1. The molecule has 1 heterocycles. The smallest absolute Gasteiger partial charge is 0.231 e. The van der Waals surface area contributed by atoms with Gasteiger partial charge in [-0.05, 0) is 73.9 Å². The van der Waals surface area contributed by atoms with Crippen LogP contribution in [0.25, 0.3) is 0 Å². The lowest BCUT2D eigenvalue weighted by Gasteiger charge is -2.29. The van der Waals surface area contributed by atoms with Crippen molar-refractivity contribution in [2.24, 2.45) is 17.8 Å². The molecule has 124 valence electrons. The van der Waals surface area contributed by atoms with Crippen LogP contribution in [0.3, 0.4) is 0 Å². The number of nitrogens with one attached hydrogen (secondary N) is 2. The van der Waals surface area contributed by atoms with E-state index in [1.807, 2.05) is 18.2 Å². The first-order valence-electron chi connectivity index (χ1n) is 8.62. The van der Waals surface area contributed by atoms with Crippen molar-refractivity contribution in [3.05, 3.63) is 23.8 Å². The van der Waals surface area contributed by atoms with Gasteiger partial charge in [-0.1, -0.05) is 12.5 Å². The number of ether oxygens (including phenoxy) is 2. The van der Waals surface area contributed by atoms with Crippen LogP contribution in [0.1, 0.15) is 38.2 Å². The average molecular weight is 332 g/mol. The second kappa shape index (κ2) is 6.19. The molecule has 2 N–H and O–H groups in total. The lowest BCUT2D eigenvalue weighted by atomic mass is 9.84. The number of hydrogen-bond acceptors (Lipinski definition) is 3. The molecule has 1 aromatic rings. The van der Waals surface area contributed by atoms with Crippen LogP contribution in [0.15, 0.2) is 18.2 Å². The zero-order chi connectivity index (χ0) is 15.8. The molecule has 0 amide bonds. The minimum Gasteiger partial charge on any atom is -0.454 e. The third-order valence-electron chi connectivity index (χ3n) is 5.68. The van der Waals surface area contributed by atoms with Gasteiger partial charge in [0.1, 0.15) is 0 Å². The van der Waals surface area contributed by atoms with Gasteiger partial charge in [0, 0.05) is 12.6 Å². The van der Waals surface area contributed by atoms with Crippen LogP contribution in [0, 0.1) is 17.8 Å². The molecule has 1 aromatic carbocycles. The maximum Gasteiger partial charge on any atom is 0.231 e. The summed E-state index contributed by atoms with van der Waals surface area (Å²) < 4.78 is 10.7. The Kier molecular flexibility index (Phi) is 4.05. The molecular formula is C18H24N2O2S. The predicted molar refractivity (Wildman–Crippen MR) is 93.5 cm³/mol. The van der Waals surface area contributed by atoms with Crippen molar-refractivity contribution in [2.45, 2.75) is 45.2 Å². The summed E-state index contributed by atoms with van der Waals surface area (Å²) in [7, 11) is 0. The van der Waals surface area contributed by atoms with Gasteiger partial charge in [-0.15, -0.1) is 0 Å². The molecule has 23 heavy (non-hydrogen) atoms.